The average molecular weight is 280 g/mol. The van der Waals surface area contributed by atoms with Crippen molar-refractivity contribution in [1.82, 2.24) is 0 Å². The minimum Gasteiger partial charge on any atom is -0.396 e. The fourth-order valence-corrected chi connectivity index (χ4v) is 3.39. The third-order valence-corrected chi connectivity index (χ3v) is 4.52. The van der Waals surface area contributed by atoms with Crippen molar-refractivity contribution in [2.24, 2.45) is 11.7 Å². The summed E-state index contributed by atoms with van der Waals surface area (Å²) >= 11 is 1.20. The Labute approximate surface area is 115 Å². The van der Waals surface area contributed by atoms with Crippen LogP contribution in [0.15, 0.2) is 0 Å². The minimum atomic E-state index is -0.585. The molecule has 7 heteroatoms. The van der Waals surface area contributed by atoms with E-state index >= 15 is 0 Å². The van der Waals surface area contributed by atoms with Gasteiger partial charge in [0, 0.05) is 26.1 Å². The Morgan fingerprint density at radius 1 is 1.68 bits per heavy atom. The van der Waals surface area contributed by atoms with Gasteiger partial charge in [-0.05, 0) is 6.42 Å². The Hall–Kier alpha value is -1.78. The first-order valence-corrected chi connectivity index (χ1v) is 6.76. The van der Waals surface area contributed by atoms with Crippen molar-refractivity contribution in [3.63, 3.8) is 0 Å². The van der Waals surface area contributed by atoms with Gasteiger partial charge < -0.3 is 21.1 Å². The number of nitrogens with two attached hydrogens (primary N) is 2. The van der Waals surface area contributed by atoms with Crippen LogP contribution in [0.4, 0.5) is 10.7 Å². The molecule has 0 spiro atoms. The van der Waals surface area contributed by atoms with Gasteiger partial charge in [-0.25, -0.2) is 0 Å². The van der Waals surface area contributed by atoms with Crippen molar-refractivity contribution in [3.05, 3.63) is 10.4 Å². The molecule has 1 aromatic heterocycles. The number of methoxy groups -OCH3 is 1. The number of thiophene rings is 1. The van der Waals surface area contributed by atoms with E-state index in [2.05, 4.69) is 11.0 Å². The molecule has 19 heavy (non-hydrogen) atoms. The van der Waals surface area contributed by atoms with Gasteiger partial charge >= 0.3 is 0 Å². The minimum absolute atomic E-state index is 0.199. The lowest BCUT2D eigenvalue weighted by molar-refractivity contribution is 0.100. The molecule has 1 aromatic rings. The number of carbonyl (C=O) groups excluding carboxylic acids is 1. The van der Waals surface area contributed by atoms with Crippen molar-refractivity contribution >= 4 is 27.9 Å². The molecule has 1 atom stereocenters. The van der Waals surface area contributed by atoms with Crippen LogP contribution < -0.4 is 16.4 Å². The normalized spacial score (nSPS) is 18.5. The first kappa shape index (κ1) is 13.6. The van der Waals surface area contributed by atoms with Crippen LogP contribution in [0.2, 0.25) is 0 Å². The molecule has 1 fully saturated rings. The number of nitrogen functional groups attached to an aromatic ring is 1. The van der Waals surface area contributed by atoms with Gasteiger partial charge in [-0.1, -0.05) is 0 Å². The second-order valence-electron chi connectivity index (χ2n) is 4.56. The van der Waals surface area contributed by atoms with E-state index in [-0.39, 0.29) is 10.6 Å². The highest BCUT2D eigenvalue weighted by Crippen LogP contribution is 2.39. The van der Waals surface area contributed by atoms with E-state index in [1.807, 2.05) is 0 Å². The molecule has 102 valence electrons. The molecular weight excluding hydrogens is 264 g/mol. The number of nitrogens with zero attached hydrogens (tertiary/aromatic N) is 2. The van der Waals surface area contributed by atoms with Crippen molar-refractivity contribution in [1.29, 1.82) is 5.26 Å². The molecule has 4 N–H and O–H groups in total. The maximum atomic E-state index is 11.3. The molecule has 2 rings (SSSR count). The maximum Gasteiger partial charge on any atom is 0.261 e. The number of hydrogen-bond donors (Lipinski definition) is 2. The highest BCUT2D eigenvalue weighted by atomic mass is 32.1. The van der Waals surface area contributed by atoms with E-state index in [0.29, 0.717) is 18.1 Å². The molecule has 1 amide bonds. The van der Waals surface area contributed by atoms with Gasteiger partial charge in [0.05, 0.1) is 12.3 Å². The fourth-order valence-electron chi connectivity index (χ4n) is 2.33. The molecule has 1 aliphatic heterocycles. The van der Waals surface area contributed by atoms with Gasteiger partial charge in [-0.2, -0.15) is 5.26 Å². The summed E-state index contributed by atoms with van der Waals surface area (Å²) in [4.78, 5) is 13.6. The average Bonchev–Trinajstić information content (AvgIpc) is 2.93. The second-order valence-corrected chi connectivity index (χ2v) is 5.56. The van der Waals surface area contributed by atoms with Gasteiger partial charge in [0.25, 0.3) is 5.91 Å². The first-order chi connectivity index (χ1) is 9.08. The number of nitriles is 1. The lowest BCUT2D eigenvalue weighted by Gasteiger charge is -2.16. The lowest BCUT2D eigenvalue weighted by Crippen LogP contribution is -2.20. The first-order valence-electron chi connectivity index (χ1n) is 5.94. The number of hydrogen-bond acceptors (Lipinski definition) is 6. The maximum absolute atomic E-state index is 11.3. The highest BCUT2D eigenvalue weighted by Gasteiger charge is 2.28. The molecule has 0 saturated carbocycles. The molecule has 6 nitrogen and oxygen atoms in total. The number of carbonyl (C=O) groups is 1. The monoisotopic (exact) mass is 280 g/mol. The Morgan fingerprint density at radius 3 is 3.00 bits per heavy atom. The summed E-state index contributed by atoms with van der Waals surface area (Å²) in [7, 11) is 1.68. The summed E-state index contributed by atoms with van der Waals surface area (Å²) in [6, 6.07) is 2.07. The van der Waals surface area contributed by atoms with E-state index in [4.69, 9.17) is 16.2 Å². The van der Waals surface area contributed by atoms with E-state index in [9.17, 15) is 10.1 Å². The molecule has 0 aliphatic carbocycles. The van der Waals surface area contributed by atoms with Crippen molar-refractivity contribution in [2.45, 2.75) is 6.42 Å². The topological polar surface area (TPSA) is 105 Å². The van der Waals surface area contributed by atoms with Crippen LogP contribution >= 0.6 is 11.3 Å². The molecule has 1 aliphatic rings. The van der Waals surface area contributed by atoms with Gasteiger partial charge in [0.2, 0.25) is 0 Å². The quantitative estimate of drug-likeness (QED) is 0.847. The van der Waals surface area contributed by atoms with Crippen molar-refractivity contribution in [2.75, 3.05) is 37.4 Å². The van der Waals surface area contributed by atoms with Crippen LogP contribution in [-0.2, 0) is 4.74 Å². The largest absolute Gasteiger partial charge is 0.396 e. The van der Waals surface area contributed by atoms with Crippen LogP contribution in [0.5, 0.6) is 0 Å². The zero-order valence-electron chi connectivity index (χ0n) is 10.7. The Bertz CT molecular complexity index is 535. The summed E-state index contributed by atoms with van der Waals surface area (Å²) in [5.74, 6) is -0.144. The summed E-state index contributed by atoms with van der Waals surface area (Å²) in [6.45, 7) is 2.34. The lowest BCUT2D eigenvalue weighted by atomic mass is 10.1. The highest BCUT2D eigenvalue weighted by molar-refractivity contribution is 7.19. The van der Waals surface area contributed by atoms with Crippen molar-refractivity contribution in [3.8, 4) is 6.07 Å². The number of rotatable bonds is 4. The van der Waals surface area contributed by atoms with Crippen LogP contribution in [0.25, 0.3) is 0 Å². The van der Waals surface area contributed by atoms with Crippen molar-refractivity contribution < 1.29 is 9.53 Å². The van der Waals surface area contributed by atoms with Crippen LogP contribution in [-0.4, -0.2) is 32.7 Å². The molecule has 1 unspecified atom stereocenters. The number of anilines is 2. The number of primary amides is 1. The number of ether oxygens (including phenoxy) is 1. The Balaban J connectivity index is 2.28. The summed E-state index contributed by atoms with van der Waals surface area (Å²) in [6.07, 6.45) is 1.00. The van der Waals surface area contributed by atoms with E-state index in [0.717, 1.165) is 24.5 Å². The predicted octanol–water partition coefficient (Wildman–Crippen LogP) is 0.774. The van der Waals surface area contributed by atoms with Gasteiger partial charge in [0.15, 0.2) is 0 Å². The van der Waals surface area contributed by atoms with Crippen LogP contribution in [0, 0.1) is 17.2 Å². The molecule has 1 saturated heterocycles. The van der Waals surface area contributed by atoms with Gasteiger partial charge in [-0.15, -0.1) is 11.3 Å². The third-order valence-electron chi connectivity index (χ3n) is 3.24. The van der Waals surface area contributed by atoms with Crippen LogP contribution in [0.3, 0.4) is 0 Å². The zero-order chi connectivity index (χ0) is 14.0. The van der Waals surface area contributed by atoms with Crippen LogP contribution in [0.1, 0.15) is 21.7 Å². The SMILES string of the molecule is COCC1CCN(c2sc(C(N)=O)c(N)c2C#N)C1. The van der Waals surface area contributed by atoms with Gasteiger partial charge in [0.1, 0.15) is 21.5 Å². The van der Waals surface area contributed by atoms with Gasteiger partial charge in [-0.3, -0.25) is 4.79 Å². The van der Waals surface area contributed by atoms with E-state index in [1.54, 1.807) is 7.11 Å². The summed E-state index contributed by atoms with van der Waals surface area (Å²) in [5, 5.41) is 9.94. The fraction of sp³-hybridized carbons (Fsp3) is 0.500. The number of amides is 1. The molecule has 0 aromatic carbocycles. The van der Waals surface area contributed by atoms with E-state index < -0.39 is 5.91 Å². The Kier molecular flexibility index (Phi) is 3.93. The van der Waals surface area contributed by atoms with E-state index in [1.165, 1.54) is 11.3 Å². The standard InChI is InChI=1S/C12H16N4O2S/c1-18-6-7-2-3-16(5-7)12-8(4-13)9(14)10(19-12)11(15)17/h7H,2-3,5-6,14H2,1H3,(H2,15,17). The Morgan fingerprint density at radius 2 is 2.42 bits per heavy atom. The smallest absolute Gasteiger partial charge is 0.261 e. The second kappa shape index (κ2) is 5.47. The predicted molar refractivity (Wildman–Crippen MR) is 74.2 cm³/mol. The summed E-state index contributed by atoms with van der Waals surface area (Å²) < 4.78 is 5.15. The molecular formula is C12H16N4O2S. The molecule has 0 bridgehead atoms. The molecule has 0 radical (unpaired) electrons. The molecule has 2 heterocycles. The third kappa shape index (κ3) is 2.50. The summed E-state index contributed by atoms with van der Waals surface area (Å²) in [5.41, 5.74) is 11.6. The zero-order valence-corrected chi connectivity index (χ0v) is 11.5.